The van der Waals surface area contributed by atoms with Gasteiger partial charge in [0, 0.05) is 0 Å². The lowest BCUT2D eigenvalue weighted by atomic mass is 10.2. The first-order chi connectivity index (χ1) is 15.5. The molecule has 3 rings (SSSR count). The van der Waals surface area contributed by atoms with Gasteiger partial charge < -0.3 is 13.8 Å². The molecular formula is C24H26NO6P. The van der Waals surface area contributed by atoms with E-state index in [0.717, 1.165) is 11.1 Å². The van der Waals surface area contributed by atoms with Crippen molar-refractivity contribution in [2.45, 2.75) is 32.3 Å². The minimum atomic E-state index is -4.00. The number of nitrogens with zero attached hydrogens (tertiary/aromatic N) is 1. The summed E-state index contributed by atoms with van der Waals surface area (Å²) < 4.78 is 30.5. The van der Waals surface area contributed by atoms with Crippen molar-refractivity contribution in [3.63, 3.8) is 0 Å². The number of benzene rings is 3. The fraction of sp³-hybridized carbons (Fsp3) is 0.208. The van der Waals surface area contributed by atoms with Gasteiger partial charge in [-0.2, -0.15) is 5.06 Å². The van der Waals surface area contributed by atoms with E-state index in [1.807, 2.05) is 60.7 Å². The molecular weight excluding hydrogens is 429 g/mol. The van der Waals surface area contributed by atoms with Gasteiger partial charge in [0.2, 0.25) is 0 Å². The van der Waals surface area contributed by atoms with Crippen LogP contribution in [0.4, 0.5) is 4.79 Å². The monoisotopic (exact) mass is 455 g/mol. The van der Waals surface area contributed by atoms with Gasteiger partial charge in [-0.25, -0.2) is 4.79 Å². The molecule has 3 aromatic carbocycles. The second kappa shape index (κ2) is 11.6. The van der Waals surface area contributed by atoms with E-state index in [9.17, 15) is 14.6 Å². The van der Waals surface area contributed by atoms with Gasteiger partial charge >= 0.3 is 13.7 Å². The Bertz CT molecular complexity index is 969. The topological polar surface area (TPSA) is 85.3 Å². The smallest absolute Gasteiger partial charge is 0.409 e. The Labute approximate surface area is 187 Å². The summed E-state index contributed by atoms with van der Waals surface area (Å²) in [6.07, 6.45) is -0.962. The molecule has 32 heavy (non-hydrogen) atoms. The van der Waals surface area contributed by atoms with Crippen molar-refractivity contribution in [2.24, 2.45) is 0 Å². The molecule has 7 nitrogen and oxygen atoms in total. The van der Waals surface area contributed by atoms with Crippen LogP contribution in [-0.2, 0) is 26.8 Å². The molecule has 1 unspecified atom stereocenters. The van der Waals surface area contributed by atoms with Gasteiger partial charge in [-0.3, -0.25) is 9.77 Å². The van der Waals surface area contributed by atoms with Gasteiger partial charge in [0.25, 0.3) is 0 Å². The molecule has 0 bridgehead atoms. The van der Waals surface area contributed by atoms with Crippen molar-refractivity contribution in [1.29, 1.82) is 0 Å². The standard InChI is InChI=1S/C24H26NO6P/c1-2-23(25(27)24(26)31-22-16-10-5-11-17-22)32(28,29-18-20-12-6-3-7-13-20)30-19-21-14-8-4-9-15-21/h3-17,23,27H,2,18-19H2,1H3. The summed E-state index contributed by atoms with van der Waals surface area (Å²) in [5.74, 6) is -1.01. The van der Waals surface area contributed by atoms with Gasteiger partial charge in [-0.15, -0.1) is 0 Å². The molecule has 1 N–H and O–H groups in total. The number of ether oxygens (including phenoxy) is 1. The molecule has 0 heterocycles. The highest BCUT2D eigenvalue weighted by Crippen LogP contribution is 2.56. The lowest BCUT2D eigenvalue weighted by Gasteiger charge is -2.30. The number of para-hydroxylation sites is 1. The zero-order valence-electron chi connectivity index (χ0n) is 17.7. The summed E-state index contributed by atoms with van der Waals surface area (Å²) in [7, 11) is -4.00. The Balaban J connectivity index is 1.79. The summed E-state index contributed by atoms with van der Waals surface area (Å²) in [4.78, 5) is 12.5. The van der Waals surface area contributed by atoms with Gasteiger partial charge in [-0.05, 0) is 29.7 Å². The lowest BCUT2D eigenvalue weighted by molar-refractivity contribution is -0.0802. The summed E-state index contributed by atoms with van der Waals surface area (Å²) in [5.41, 5.74) is 1.56. The molecule has 0 aliphatic rings. The fourth-order valence-electron chi connectivity index (χ4n) is 2.98. The Hall–Kier alpha value is -2.96. The average Bonchev–Trinajstić information content (AvgIpc) is 2.84. The van der Waals surface area contributed by atoms with Crippen molar-refractivity contribution < 1.29 is 28.4 Å². The van der Waals surface area contributed by atoms with E-state index >= 15 is 0 Å². The summed E-state index contributed by atoms with van der Waals surface area (Å²) in [6.45, 7) is 1.66. The molecule has 0 saturated carbocycles. The zero-order valence-corrected chi connectivity index (χ0v) is 18.6. The van der Waals surface area contributed by atoms with Crippen LogP contribution in [0.3, 0.4) is 0 Å². The van der Waals surface area contributed by atoms with Crippen molar-refractivity contribution in [3.8, 4) is 5.75 Å². The van der Waals surface area contributed by atoms with E-state index in [2.05, 4.69) is 0 Å². The van der Waals surface area contributed by atoms with Crippen LogP contribution >= 0.6 is 7.60 Å². The molecule has 0 aromatic heterocycles. The van der Waals surface area contributed by atoms with E-state index in [0.29, 0.717) is 5.06 Å². The Morgan fingerprint density at radius 1 is 0.844 bits per heavy atom. The van der Waals surface area contributed by atoms with E-state index in [1.54, 1.807) is 37.3 Å². The van der Waals surface area contributed by atoms with E-state index in [4.69, 9.17) is 13.8 Å². The zero-order chi connectivity index (χ0) is 22.8. The van der Waals surface area contributed by atoms with Crippen LogP contribution in [0.5, 0.6) is 5.75 Å². The van der Waals surface area contributed by atoms with Crippen molar-refractivity contribution in [1.82, 2.24) is 5.06 Å². The molecule has 0 spiro atoms. The normalized spacial score (nSPS) is 12.2. The minimum absolute atomic E-state index is 0.00895. The maximum absolute atomic E-state index is 13.8. The molecule has 0 fully saturated rings. The first-order valence-corrected chi connectivity index (χ1v) is 11.8. The summed E-state index contributed by atoms with van der Waals surface area (Å²) in [6, 6.07) is 26.7. The van der Waals surface area contributed by atoms with E-state index < -0.39 is 19.5 Å². The number of amides is 1. The molecule has 0 aliphatic carbocycles. The molecule has 0 aliphatic heterocycles. The van der Waals surface area contributed by atoms with Crippen molar-refractivity contribution in [2.75, 3.05) is 0 Å². The third-order valence-corrected chi connectivity index (χ3v) is 6.95. The lowest BCUT2D eigenvalue weighted by Crippen LogP contribution is -2.39. The molecule has 3 aromatic rings. The van der Waals surface area contributed by atoms with E-state index in [1.165, 1.54) is 0 Å². The Kier molecular flexibility index (Phi) is 8.59. The summed E-state index contributed by atoms with van der Waals surface area (Å²) in [5, 5.41) is 10.9. The van der Waals surface area contributed by atoms with Crippen LogP contribution in [0.25, 0.3) is 0 Å². The molecule has 0 radical (unpaired) electrons. The Morgan fingerprint density at radius 2 is 1.28 bits per heavy atom. The van der Waals surface area contributed by atoms with Crippen LogP contribution in [0, 0.1) is 0 Å². The first-order valence-electron chi connectivity index (χ1n) is 10.2. The average molecular weight is 455 g/mol. The third kappa shape index (κ3) is 6.52. The van der Waals surface area contributed by atoms with Crippen LogP contribution < -0.4 is 4.74 Å². The number of carbonyl (C=O) groups is 1. The van der Waals surface area contributed by atoms with Gasteiger partial charge in [0.05, 0.1) is 13.2 Å². The largest absolute Gasteiger partial charge is 0.440 e. The SMILES string of the molecule is CCC(N(O)C(=O)Oc1ccccc1)P(=O)(OCc1ccccc1)OCc1ccccc1. The predicted octanol–water partition coefficient (Wildman–Crippen LogP) is 6.24. The van der Waals surface area contributed by atoms with Gasteiger partial charge in [-0.1, -0.05) is 85.8 Å². The van der Waals surface area contributed by atoms with Crippen LogP contribution in [-0.4, -0.2) is 22.1 Å². The highest BCUT2D eigenvalue weighted by Gasteiger charge is 2.42. The van der Waals surface area contributed by atoms with Crippen LogP contribution in [0.15, 0.2) is 91.0 Å². The number of hydrogen-bond acceptors (Lipinski definition) is 6. The first kappa shape index (κ1) is 23.7. The van der Waals surface area contributed by atoms with Crippen LogP contribution in [0.1, 0.15) is 24.5 Å². The number of rotatable bonds is 10. The summed E-state index contributed by atoms with van der Waals surface area (Å²) >= 11 is 0. The van der Waals surface area contributed by atoms with Crippen LogP contribution in [0.2, 0.25) is 0 Å². The maximum Gasteiger partial charge on any atom is 0.440 e. The number of hydrogen-bond donors (Lipinski definition) is 1. The quantitative estimate of drug-likeness (QED) is 0.221. The molecule has 1 amide bonds. The molecule has 168 valence electrons. The predicted molar refractivity (Wildman–Crippen MR) is 120 cm³/mol. The van der Waals surface area contributed by atoms with Gasteiger partial charge in [0.1, 0.15) is 5.75 Å². The van der Waals surface area contributed by atoms with E-state index in [-0.39, 0.29) is 25.4 Å². The maximum atomic E-state index is 13.8. The highest BCUT2D eigenvalue weighted by molar-refractivity contribution is 7.54. The fourth-order valence-corrected chi connectivity index (χ4v) is 4.86. The minimum Gasteiger partial charge on any atom is -0.409 e. The second-order valence-corrected chi connectivity index (χ2v) is 9.16. The second-order valence-electron chi connectivity index (χ2n) is 6.97. The van der Waals surface area contributed by atoms with Crippen molar-refractivity contribution in [3.05, 3.63) is 102 Å². The molecule has 0 saturated heterocycles. The van der Waals surface area contributed by atoms with Gasteiger partial charge in [0.15, 0.2) is 5.78 Å². The number of hydroxylamine groups is 2. The van der Waals surface area contributed by atoms with Crippen molar-refractivity contribution >= 4 is 13.7 Å². The number of carbonyl (C=O) groups excluding carboxylic acids is 1. The third-order valence-electron chi connectivity index (χ3n) is 4.66. The molecule has 8 heteroatoms. The molecule has 1 atom stereocenters. The Morgan fingerprint density at radius 3 is 1.72 bits per heavy atom. The highest BCUT2D eigenvalue weighted by atomic mass is 31.2.